The van der Waals surface area contributed by atoms with E-state index in [1.165, 1.54) is 98.7 Å². The number of anilines is 6. The van der Waals surface area contributed by atoms with Gasteiger partial charge in [0.15, 0.2) is 0 Å². The van der Waals surface area contributed by atoms with E-state index >= 15 is 0 Å². The minimum atomic E-state index is -0.112. The van der Waals surface area contributed by atoms with Gasteiger partial charge >= 0.3 is 0 Å². The molecule has 366 valence electrons. The van der Waals surface area contributed by atoms with Gasteiger partial charge in [0.05, 0.1) is 0 Å². The van der Waals surface area contributed by atoms with Crippen LogP contribution in [0.2, 0.25) is 0 Å². The number of hydrogen-bond donors (Lipinski definition) is 0. The van der Waals surface area contributed by atoms with E-state index in [0.717, 1.165) is 50.6 Å². The Kier molecular flexibility index (Phi) is 10.4. The molecular weight excluding hydrogens is 952 g/mol. The summed E-state index contributed by atoms with van der Waals surface area (Å²) in [6.07, 6.45) is 0. The molecule has 0 N–H and O–H groups in total. The van der Waals surface area contributed by atoms with Crippen LogP contribution >= 0.6 is 0 Å². The summed E-state index contributed by atoms with van der Waals surface area (Å²) < 4.78 is 0. The van der Waals surface area contributed by atoms with E-state index in [-0.39, 0.29) is 6.71 Å². The largest absolute Gasteiger partial charge is 0.311 e. The third-order valence-corrected chi connectivity index (χ3v) is 16.6. The zero-order chi connectivity index (χ0) is 52.0. The Bertz CT molecular complexity index is 4370. The average molecular weight is 1000 g/mol. The SMILES string of the molecule is c1ccc(-c2cc(-c3ccccc3)cc(N3c4cc5ccccc5cc4B4c5cc6ccccc6cc5N(c5cc(-c6ccccc6)cc(-c6ccccc6)c5)c5cc(-c6cccc7cc8ccccc8cc67)cc3c54)c2)cc1. The van der Waals surface area contributed by atoms with Crippen molar-refractivity contribution in [1.29, 1.82) is 0 Å². The van der Waals surface area contributed by atoms with E-state index in [9.17, 15) is 0 Å². The van der Waals surface area contributed by atoms with E-state index in [1.54, 1.807) is 0 Å². The molecule has 2 heterocycles. The van der Waals surface area contributed by atoms with Crippen molar-refractivity contribution in [2.45, 2.75) is 0 Å². The first-order valence-corrected chi connectivity index (χ1v) is 27.4. The highest BCUT2D eigenvalue weighted by Gasteiger charge is 2.44. The molecule has 0 radical (unpaired) electrons. The van der Waals surface area contributed by atoms with Gasteiger partial charge in [-0.2, -0.15) is 0 Å². The summed E-state index contributed by atoms with van der Waals surface area (Å²) in [5, 5.41) is 9.76. The van der Waals surface area contributed by atoms with Crippen molar-refractivity contribution >= 4 is 100 Å². The van der Waals surface area contributed by atoms with Crippen LogP contribution in [-0.4, -0.2) is 6.71 Å². The van der Waals surface area contributed by atoms with Crippen molar-refractivity contribution in [3.05, 3.63) is 297 Å². The number of fused-ring (bicyclic) bond motifs is 8. The van der Waals surface area contributed by atoms with Crippen LogP contribution in [0.1, 0.15) is 0 Å². The highest BCUT2D eigenvalue weighted by Crippen LogP contribution is 2.50. The third kappa shape index (κ3) is 7.58. The van der Waals surface area contributed by atoms with Crippen molar-refractivity contribution in [3.8, 4) is 55.6 Å². The van der Waals surface area contributed by atoms with Gasteiger partial charge in [0.1, 0.15) is 0 Å². The molecule has 2 nitrogen and oxygen atoms in total. The number of nitrogens with zero attached hydrogens (tertiary/aromatic N) is 2. The quantitative estimate of drug-likeness (QED) is 0.116. The van der Waals surface area contributed by atoms with Crippen molar-refractivity contribution < 1.29 is 0 Å². The van der Waals surface area contributed by atoms with E-state index in [1.807, 2.05) is 0 Å². The molecule has 3 heteroatoms. The van der Waals surface area contributed by atoms with Crippen LogP contribution in [0.3, 0.4) is 0 Å². The van der Waals surface area contributed by atoms with Crippen LogP contribution in [-0.2, 0) is 0 Å². The highest BCUT2D eigenvalue weighted by molar-refractivity contribution is 7.00. The molecule has 14 aromatic rings. The molecule has 0 aromatic heterocycles. The highest BCUT2D eigenvalue weighted by atomic mass is 15.2. The predicted molar refractivity (Wildman–Crippen MR) is 338 cm³/mol. The minimum Gasteiger partial charge on any atom is -0.311 e. The topological polar surface area (TPSA) is 6.48 Å². The second-order valence-electron chi connectivity index (χ2n) is 21.3. The number of hydrogen-bond acceptors (Lipinski definition) is 2. The zero-order valence-corrected chi connectivity index (χ0v) is 43.3. The van der Waals surface area contributed by atoms with E-state index in [2.05, 4.69) is 307 Å². The monoisotopic (exact) mass is 1000 g/mol. The van der Waals surface area contributed by atoms with Crippen LogP contribution < -0.4 is 26.2 Å². The van der Waals surface area contributed by atoms with Gasteiger partial charge < -0.3 is 9.80 Å². The molecule has 2 aliphatic rings. The Balaban J connectivity index is 1.07. The standard InChI is InChI=1S/C76H49BN2/c1-5-20-50(21-6-1)61-37-62(51-22-7-2-8-23-51)40-66(39-61)78-72-46-58-32-17-15-30-56(58)44-70(72)77-71-45-57-31-16-18-33-59(57)47-73(71)79(67-41-63(52-24-9-3-10-25-52)38-64(42-67)53-26-11-4-12-27-53)75-49-65(48-74(78)76(75)77)68-35-19-34-60-36-54-28-13-14-29-55(54)43-69(60)68/h1-49H. The molecule has 0 aliphatic carbocycles. The molecule has 0 amide bonds. The summed E-state index contributed by atoms with van der Waals surface area (Å²) in [4.78, 5) is 5.22. The lowest BCUT2D eigenvalue weighted by Gasteiger charge is -2.45. The third-order valence-electron chi connectivity index (χ3n) is 16.6. The fraction of sp³-hybridized carbons (Fsp3) is 0. The lowest BCUT2D eigenvalue weighted by Crippen LogP contribution is -2.61. The fourth-order valence-corrected chi connectivity index (χ4v) is 13.0. The molecule has 0 fully saturated rings. The van der Waals surface area contributed by atoms with Gasteiger partial charge in [0, 0.05) is 34.1 Å². The number of rotatable bonds is 7. The molecule has 2 aliphatic heterocycles. The molecule has 79 heavy (non-hydrogen) atoms. The van der Waals surface area contributed by atoms with Gasteiger partial charge in [-0.15, -0.1) is 0 Å². The van der Waals surface area contributed by atoms with Crippen LogP contribution in [0, 0.1) is 0 Å². The average Bonchev–Trinajstić information content (AvgIpc) is 3.27. The van der Waals surface area contributed by atoms with Crippen molar-refractivity contribution in [1.82, 2.24) is 0 Å². The van der Waals surface area contributed by atoms with Crippen LogP contribution in [0.4, 0.5) is 34.1 Å². The Hall–Kier alpha value is -10.2. The lowest BCUT2D eigenvalue weighted by molar-refractivity contribution is 1.26. The predicted octanol–water partition coefficient (Wildman–Crippen LogP) is 18.7. The molecule has 14 aromatic carbocycles. The Morgan fingerprint density at radius 2 is 0.557 bits per heavy atom. The maximum absolute atomic E-state index is 2.61. The van der Waals surface area contributed by atoms with Gasteiger partial charge in [-0.25, -0.2) is 0 Å². The molecule has 0 bridgehead atoms. The summed E-state index contributed by atoms with van der Waals surface area (Å²) >= 11 is 0. The molecule has 0 spiro atoms. The first-order valence-electron chi connectivity index (χ1n) is 27.4. The summed E-state index contributed by atoms with van der Waals surface area (Å²) in [6, 6.07) is 111. The maximum atomic E-state index is 2.61. The summed E-state index contributed by atoms with van der Waals surface area (Å²) in [7, 11) is 0. The smallest absolute Gasteiger partial charge is 0.252 e. The van der Waals surface area contributed by atoms with Crippen molar-refractivity contribution in [2.75, 3.05) is 9.80 Å². The first kappa shape index (κ1) is 45.0. The van der Waals surface area contributed by atoms with E-state index < -0.39 is 0 Å². The summed E-state index contributed by atoms with van der Waals surface area (Å²) in [6.45, 7) is -0.112. The van der Waals surface area contributed by atoms with Crippen molar-refractivity contribution in [3.63, 3.8) is 0 Å². The second kappa shape index (κ2) is 18.2. The first-order chi connectivity index (χ1) is 39.1. The van der Waals surface area contributed by atoms with E-state index in [0.29, 0.717) is 0 Å². The van der Waals surface area contributed by atoms with Gasteiger partial charge in [-0.05, 0) is 188 Å². The molecule has 16 rings (SSSR count). The maximum Gasteiger partial charge on any atom is 0.252 e. The zero-order valence-electron chi connectivity index (χ0n) is 43.3. The fourth-order valence-electron chi connectivity index (χ4n) is 13.0. The van der Waals surface area contributed by atoms with Gasteiger partial charge in [-0.1, -0.05) is 224 Å². The lowest BCUT2D eigenvalue weighted by atomic mass is 9.33. The van der Waals surface area contributed by atoms with Crippen molar-refractivity contribution in [2.24, 2.45) is 0 Å². The van der Waals surface area contributed by atoms with Crippen LogP contribution in [0.5, 0.6) is 0 Å². The second-order valence-corrected chi connectivity index (χ2v) is 21.3. The summed E-state index contributed by atoms with van der Waals surface area (Å²) in [5.41, 5.74) is 22.4. The number of benzene rings is 14. The minimum absolute atomic E-state index is 0.112. The van der Waals surface area contributed by atoms with Gasteiger partial charge in [-0.3, -0.25) is 0 Å². The molecule has 0 unspecified atom stereocenters. The Labute approximate surface area is 460 Å². The molecule has 0 atom stereocenters. The molecule has 0 saturated heterocycles. The van der Waals surface area contributed by atoms with Crippen LogP contribution in [0.15, 0.2) is 297 Å². The van der Waals surface area contributed by atoms with Crippen LogP contribution in [0.25, 0.3) is 98.7 Å². The molecule has 0 saturated carbocycles. The van der Waals surface area contributed by atoms with E-state index in [4.69, 9.17) is 0 Å². The Morgan fingerprint density at radius 1 is 0.215 bits per heavy atom. The normalized spacial score (nSPS) is 12.5. The Morgan fingerprint density at radius 3 is 0.962 bits per heavy atom. The summed E-state index contributed by atoms with van der Waals surface area (Å²) in [5.74, 6) is 0. The van der Waals surface area contributed by atoms with Gasteiger partial charge in [0.2, 0.25) is 0 Å². The molecular formula is C76H49BN2. The van der Waals surface area contributed by atoms with Gasteiger partial charge in [0.25, 0.3) is 6.71 Å².